The first-order chi connectivity index (χ1) is 7.76. The Balaban J connectivity index is 2.66. The van der Waals surface area contributed by atoms with Crippen molar-refractivity contribution in [2.45, 2.75) is 0 Å². The molecule has 0 unspecified atom stereocenters. The average molecular weight is 230 g/mol. The summed E-state index contributed by atoms with van der Waals surface area (Å²) in [5.74, 6) is 0.503. The lowest BCUT2D eigenvalue weighted by atomic mass is 10.1. The van der Waals surface area contributed by atoms with Gasteiger partial charge in [-0.1, -0.05) is 11.6 Å². The fourth-order valence-electron chi connectivity index (χ4n) is 1.26. The van der Waals surface area contributed by atoms with Crippen LogP contribution in [0.25, 0.3) is 11.5 Å². The highest BCUT2D eigenvalue weighted by Gasteiger charge is 2.12. The Kier molecular flexibility index (Phi) is 2.59. The first-order valence-corrected chi connectivity index (χ1v) is 4.68. The van der Waals surface area contributed by atoms with E-state index in [9.17, 15) is 0 Å². The Morgan fingerprint density at radius 2 is 2.12 bits per heavy atom. The number of rotatable bonds is 1. The van der Waals surface area contributed by atoms with Gasteiger partial charge in [-0.25, -0.2) is 4.98 Å². The van der Waals surface area contributed by atoms with Gasteiger partial charge in [0.2, 0.25) is 0 Å². The normalized spacial score (nSPS) is 9.44. The highest BCUT2D eigenvalue weighted by Crippen LogP contribution is 2.24. The first-order valence-electron chi connectivity index (χ1n) is 4.31. The minimum Gasteiger partial charge on any atom is -0.463 e. The SMILES string of the molecule is N#Cc1cc(-c2ccco2)nc(Cl)c1C#N. The van der Waals surface area contributed by atoms with E-state index >= 15 is 0 Å². The van der Waals surface area contributed by atoms with E-state index in [4.69, 9.17) is 26.5 Å². The van der Waals surface area contributed by atoms with Crippen LogP contribution < -0.4 is 0 Å². The minimum absolute atomic E-state index is 0.00736. The zero-order valence-corrected chi connectivity index (χ0v) is 8.69. The maximum absolute atomic E-state index is 8.88. The van der Waals surface area contributed by atoms with Gasteiger partial charge in [-0.05, 0) is 18.2 Å². The molecule has 4 nitrogen and oxygen atoms in total. The van der Waals surface area contributed by atoms with Gasteiger partial charge in [0.05, 0.1) is 11.8 Å². The average Bonchev–Trinajstić information content (AvgIpc) is 2.81. The van der Waals surface area contributed by atoms with Gasteiger partial charge < -0.3 is 4.42 Å². The second kappa shape index (κ2) is 4.06. The van der Waals surface area contributed by atoms with E-state index in [-0.39, 0.29) is 16.3 Å². The minimum atomic E-state index is 0.00736. The van der Waals surface area contributed by atoms with Crippen LogP contribution in [0.4, 0.5) is 0 Å². The maximum Gasteiger partial charge on any atom is 0.152 e. The molecule has 2 aromatic heterocycles. The molecule has 0 aliphatic heterocycles. The fraction of sp³-hybridized carbons (Fsp3) is 0. The van der Waals surface area contributed by atoms with Gasteiger partial charge in [0.1, 0.15) is 28.5 Å². The molecular formula is C11H4ClN3O. The van der Waals surface area contributed by atoms with Crippen LogP contribution in [-0.4, -0.2) is 4.98 Å². The van der Waals surface area contributed by atoms with Crippen molar-refractivity contribution >= 4 is 11.6 Å². The van der Waals surface area contributed by atoms with Gasteiger partial charge in [-0.2, -0.15) is 10.5 Å². The van der Waals surface area contributed by atoms with E-state index in [2.05, 4.69) is 4.98 Å². The summed E-state index contributed by atoms with van der Waals surface area (Å²) in [6.45, 7) is 0. The molecule has 76 valence electrons. The molecule has 0 spiro atoms. The quantitative estimate of drug-likeness (QED) is 0.705. The highest BCUT2D eigenvalue weighted by molar-refractivity contribution is 6.30. The molecular weight excluding hydrogens is 226 g/mol. The number of hydrogen-bond acceptors (Lipinski definition) is 4. The summed E-state index contributed by atoms with van der Waals surface area (Å²) in [6.07, 6.45) is 1.50. The number of nitriles is 2. The molecule has 0 fully saturated rings. The second-order valence-electron chi connectivity index (χ2n) is 2.92. The van der Waals surface area contributed by atoms with Gasteiger partial charge in [0.25, 0.3) is 0 Å². The van der Waals surface area contributed by atoms with Gasteiger partial charge in [-0.15, -0.1) is 0 Å². The molecule has 2 aromatic rings. The number of halogens is 1. The topological polar surface area (TPSA) is 73.6 Å². The molecule has 0 atom stereocenters. The lowest BCUT2D eigenvalue weighted by Crippen LogP contribution is -1.92. The largest absolute Gasteiger partial charge is 0.463 e. The molecule has 0 saturated carbocycles. The summed E-state index contributed by atoms with van der Waals surface area (Å²) in [5.41, 5.74) is 0.707. The molecule has 0 saturated heterocycles. The summed E-state index contributed by atoms with van der Waals surface area (Å²) in [4.78, 5) is 3.99. The molecule has 0 N–H and O–H groups in total. The zero-order chi connectivity index (χ0) is 11.5. The van der Waals surface area contributed by atoms with Crippen LogP contribution in [0.1, 0.15) is 11.1 Å². The van der Waals surface area contributed by atoms with Crippen LogP contribution >= 0.6 is 11.6 Å². The van der Waals surface area contributed by atoms with Crippen molar-refractivity contribution in [3.05, 3.63) is 40.7 Å². The third kappa shape index (κ3) is 1.63. The third-order valence-electron chi connectivity index (χ3n) is 1.98. The second-order valence-corrected chi connectivity index (χ2v) is 3.28. The van der Waals surface area contributed by atoms with Crippen molar-refractivity contribution < 1.29 is 4.42 Å². The summed E-state index contributed by atoms with van der Waals surface area (Å²) < 4.78 is 5.13. The standard InChI is InChI=1S/C11H4ClN3O/c12-11-8(6-14)7(5-13)4-9(15-11)10-2-1-3-16-10/h1-4H. The molecule has 0 aliphatic carbocycles. The van der Waals surface area contributed by atoms with Crippen molar-refractivity contribution in [1.29, 1.82) is 10.5 Å². The Morgan fingerprint density at radius 1 is 1.31 bits per heavy atom. The molecule has 16 heavy (non-hydrogen) atoms. The van der Waals surface area contributed by atoms with Crippen molar-refractivity contribution in [3.63, 3.8) is 0 Å². The Bertz CT molecular complexity index is 605. The number of pyridine rings is 1. The summed E-state index contributed by atoms with van der Waals surface area (Å²) in [6, 6.07) is 8.62. The van der Waals surface area contributed by atoms with E-state index in [1.54, 1.807) is 12.1 Å². The van der Waals surface area contributed by atoms with Crippen molar-refractivity contribution in [2.75, 3.05) is 0 Å². The third-order valence-corrected chi connectivity index (χ3v) is 2.25. The van der Waals surface area contributed by atoms with Crippen molar-refractivity contribution in [1.82, 2.24) is 4.98 Å². The summed E-state index contributed by atoms with van der Waals surface area (Å²) >= 11 is 5.80. The van der Waals surface area contributed by atoms with Crippen LogP contribution in [0.2, 0.25) is 5.15 Å². The van der Waals surface area contributed by atoms with Gasteiger partial charge in [0, 0.05) is 0 Å². The number of aromatic nitrogens is 1. The maximum atomic E-state index is 8.88. The predicted octanol–water partition coefficient (Wildman–Crippen LogP) is 2.74. The predicted molar refractivity (Wildman–Crippen MR) is 56.4 cm³/mol. The van der Waals surface area contributed by atoms with E-state index in [0.717, 1.165) is 0 Å². The first kappa shape index (κ1) is 10.2. The number of furan rings is 1. The molecule has 0 aliphatic rings. The van der Waals surface area contributed by atoms with Crippen molar-refractivity contribution in [2.24, 2.45) is 0 Å². The summed E-state index contributed by atoms with van der Waals surface area (Å²) in [5, 5.41) is 17.7. The smallest absolute Gasteiger partial charge is 0.152 e. The lowest BCUT2D eigenvalue weighted by Gasteiger charge is -2.00. The molecule has 0 aromatic carbocycles. The van der Waals surface area contributed by atoms with Crippen LogP contribution in [0, 0.1) is 22.7 Å². The van der Waals surface area contributed by atoms with E-state index in [1.165, 1.54) is 12.3 Å². The van der Waals surface area contributed by atoms with Crippen LogP contribution in [0.15, 0.2) is 28.9 Å². The van der Waals surface area contributed by atoms with Crippen LogP contribution in [0.3, 0.4) is 0 Å². The molecule has 2 rings (SSSR count). The summed E-state index contributed by atoms with van der Waals surface area (Å²) in [7, 11) is 0. The molecule has 5 heteroatoms. The fourth-order valence-corrected chi connectivity index (χ4v) is 1.49. The van der Waals surface area contributed by atoms with E-state index in [0.29, 0.717) is 11.5 Å². The molecule has 0 bridgehead atoms. The van der Waals surface area contributed by atoms with E-state index in [1.807, 2.05) is 12.1 Å². The molecule has 2 heterocycles. The lowest BCUT2D eigenvalue weighted by molar-refractivity contribution is 0.580. The Hall–Kier alpha value is -2.30. The highest BCUT2D eigenvalue weighted by atomic mass is 35.5. The van der Waals surface area contributed by atoms with E-state index < -0.39 is 0 Å². The van der Waals surface area contributed by atoms with Gasteiger partial charge in [0.15, 0.2) is 5.76 Å². The zero-order valence-electron chi connectivity index (χ0n) is 7.94. The van der Waals surface area contributed by atoms with Gasteiger partial charge in [-0.3, -0.25) is 0 Å². The monoisotopic (exact) mass is 229 g/mol. The van der Waals surface area contributed by atoms with Crippen molar-refractivity contribution in [3.8, 4) is 23.6 Å². The Labute approximate surface area is 96.3 Å². The van der Waals surface area contributed by atoms with Gasteiger partial charge >= 0.3 is 0 Å². The number of nitrogens with zero attached hydrogens (tertiary/aromatic N) is 3. The van der Waals surface area contributed by atoms with Crippen LogP contribution in [-0.2, 0) is 0 Å². The number of hydrogen-bond donors (Lipinski definition) is 0. The Morgan fingerprint density at radius 3 is 2.69 bits per heavy atom. The molecule has 0 radical (unpaired) electrons. The van der Waals surface area contributed by atoms with Crippen LogP contribution in [0.5, 0.6) is 0 Å². The molecule has 0 amide bonds.